The Balaban J connectivity index is 2.33. The molecule has 2 aromatic carbocycles. The number of halogens is 3. The number of ether oxygens (including phenoxy) is 1. The van der Waals surface area contributed by atoms with Crippen molar-refractivity contribution in [2.45, 2.75) is 20.8 Å². The van der Waals surface area contributed by atoms with Crippen molar-refractivity contribution in [2.75, 3.05) is 5.32 Å². The molecule has 1 N–H and O–H groups in total. The van der Waals surface area contributed by atoms with Gasteiger partial charge in [-0.2, -0.15) is 0 Å². The lowest BCUT2D eigenvalue weighted by Gasteiger charge is -2.20. The molecule has 2 aromatic rings. The molecule has 1 amide bonds. The average Bonchev–Trinajstić information content (AvgIpc) is 2.43. The minimum absolute atomic E-state index is 0.146. The number of amides is 1. The zero-order valence-corrected chi connectivity index (χ0v) is 15.2. The summed E-state index contributed by atoms with van der Waals surface area (Å²) in [6.45, 7) is 5.47. The highest BCUT2D eigenvalue weighted by atomic mass is 35.5. The van der Waals surface area contributed by atoms with Crippen molar-refractivity contribution in [1.82, 2.24) is 0 Å². The molecule has 0 saturated carbocycles. The van der Waals surface area contributed by atoms with Crippen LogP contribution in [-0.4, -0.2) is 5.91 Å². The quantitative estimate of drug-likeness (QED) is 0.674. The van der Waals surface area contributed by atoms with E-state index in [-0.39, 0.29) is 5.91 Å². The molecule has 23 heavy (non-hydrogen) atoms. The van der Waals surface area contributed by atoms with Gasteiger partial charge in [0.1, 0.15) is 5.75 Å². The summed E-state index contributed by atoms with van der Waals surface area (Å²) < 4.78 is 5.80. The van der Waals surface area contributed by atoms with Crippen LogP contribution in [0.3, 0.4) is 0 Å². The molecule has 122 valence electrons. The number of benzene rings is 2. The normalized spacial score (nSPS) is 11.2. The lowest BCUT2D eigenvalue weighted by Crippen LogP contribution is -2.27. The molecule has 3 nitrogen and oxygen atoms in total. The van der Waals surface area contributed by atoms with E-state index in [4.69, 9.17) is 39.5 Å². The molecule has 0 spiro atoms. The van der Waals surface area contributed by atoms with Crippen molar-refractivity contribution in [2.24, 2.45) is 5.41 Å². The van der Waals surface area contributed by atoms with Crippen molar-refractivity contribution < 1.29 is 9.53 Å². The molecule has 2 rings (SSSR count). The zero-order valence-electron chi connectivity index (χ0n) is 12.9. The van der Waals surface area contributed by atoms with E-state index in [2.05, 4.69) is 5.32 Å². The highest BCUT2D eigenvalue weighted by Crippen LogP contribution is 2.36. The lowest BCUT2D eigenvalue weighted by molar-refractivity contribution is -0.123. The highest BCUT2D eigenvalue weighted by Gasteiger charge is 2.22. The van der Waals surface area contributed by atoms with E-state index in [0.29, 0.717) is 32.3 Å². The Morgan fingerprint density at radius 1 is 0.957 bits per heavy atom. The van der Waals surface area contributed by atoms with E-state index in [1.807, 2.05) is 20.8 Å². The Hall–Kier alpha value is -1.42. The van der Waals surface area contributed by atoms with Gasteiger partial charge in [0.2, 0.25) is 5.91 Å². The van der Waals surface area contributed by atoms with Gasteiger partial charge in [-0.15, -0.1) is 0 Å². The number of carbonyl (C=O) groups excluding carboxylic acids is 1. The number of hydrogen-bond donors (Lipinski definition) is 1. The van der Waals surface area contributed by atoms with Crippen molar-refractivity contribution in [3.63, 3.8) is 0 Å². The Morgan fingerprint density at radius 2 is 1.52 bits per heavy atom. The van der Waals surface area contributed by atoms with E-state index < -0.39 is 5.41 Å². The first-order chi connectivity index (χ1) is 10.7. The lowest BCUT2D eigenvalue weighted by atomic mass is 9.95. The van der Waals surface area contributed by atoms with Crippen LogP contribution in [0, 0.1) is 5.41 Å². The van der Waals surface area contributed by atoms with Crippen molar-refractivity contribution in [3.05, 3.63) is 51.5 Å². The van der Waals surface area contributed by atoms with Gasteiger partial charge in [-0.1, -0.05) is 55.6 Å². The van der Waals surface area contributed by atoms with Crippen LogP contribution in [-0.2, 0) is 4.79 Å². The van der Waals surface area contributed by atoms with Gasteiger partial charge in [-0.3, -0.25) is 4.79 Å². The average molecular weight is 373 g/mol. The Morgan fingerprint density at radius 3 is 2.09 bits per heavy atom. The summed E-state index contributed by atoms with van der Waals surface area (Å²) in [5.41, 5.74) is -0.0687. The smallest absolute Gasteiger partial charge is 0.229 e. The van der Waals surface area contributed by atoms with E-state index >= 15 is 0 Å². The molecule has 0 saturated heterocycles. The second kappa shape index (κ2) is 7.00. The Bertz CT molecular complexity index is 739. The maximum absolute atomic E-state index is 12.2. The number of hydrogen-bond acceptors (Lipinski definition) is 2. The van der Waals surface area contributed by atoms with Crippen LogP contribution < -0.4 is 10.1 Å². The van der Waals surface area contributed by atoms with E-state index in [1.165, 1.54) is 0 Å². The topological polar surface area (TPSA) is 38.3 Å². The second-order valence-electron chi connectivity index (χ2n) is 6.02. The summed E-state index contributed by atoms with van der Waals surface area (Å²) in [4.78, 5) is 12.2. The van der Waals surface area contributed by atoms with Crippen molar-refractivity contribution in [1.29, 1.82) is 0 Å². The van der Waals surface area contributed by atoms with E-state index in [0.717, 1.165) is 0 Å². The molecule has 0 radical (unpaired) electrons. The largest absolute Gasteiger partial charge is 0.454 e. The van der Waals surface area contributed by atoms with Crippen LogP contribution in [0.5, 0.6) is 11.5 Å². The van der Waals surface area contributed by atoms with Crippen LogP contribution >= 0.6 is 34.8 Å². The molecule has 0 aliphatic heterocycles. The van der Waals surface area contributed by atoms with Crippen LogP contribution in [0.2, 0.25) is 15.1 Å². The van der Waals surface area contributed by atoms with Crippen molar-refractivity contribution in [3.8, 4) is 11.5 Å². The molecule has 0 aromatic heterocycles. The predicted molar refractivity (Wildman–Crippen MR) is 96.1 cm³/mol. The maximum atomic E-state index is 12.2. The van der Waals surface area contributed by atoms with Gasteiger partial charge in [0, 0.05) is 15.5 Å². The number of carbonyl (C=O) groups is 1. The third kappa shape index (κ3) is 4.77. The first-order valence-corrected chi connectivity index (χ1v) is 8.04. The van der Waals surface area contributed by atoms with Gasteiger partial charge in [0.25, 0.3) is 0 Å². The molecular formula is C17H16Cl3NO2. The summed E-state index contributed by atoms with van der Waals surface area (Å²) >= 11 is 18.0. The van der Waals surface area contributed by atoms with Gasteiger partial charge in [0.05, 0.1) is 10.7 Å². The Labute approximate surface area is 150 Å². The van der Waals surface area contributed by atoms with Crippen molar-refractivity contribution >= 4 is 46.4 Å². The fraction of sp³-hybridized carbons (Fsp3) is 0.235. The van der Waals surface area contributed by atoms with E-state index in [1.54, 1.807) is 36.4 Å². The zero-order chi connectivity index (χ0) is 17.2. The maximum Gasteiger partial charge on any atom is 0.229 e. The molecule has 0 unspecified atom stereocenters. The molecule has 0 atom stereocenters. The minimum atomic E-state index is -0.544. The van der Waals surface area contributed by atoms with Gasteiger partial charge < -0.3 is 10.1 Å². The third-order valence-corrected chi connectivity index (χ3v) is 3.75. The number of rotatable bonds is 3. The van der Waals surface area contributed by atoms with Crippen LogP contribution in [0.25, 0.3) is 0 Å². The molecular weight excluding hydrogens is 357 g/mol. The first-order valence-electron chi connectivity index (χ1n) is 6.91. The van der Waals surface area contributed by atoms with E-state index in [9.17, 15) is 4.79 Å². The summed E-state index contributed by atoms with van der Waals surface area (Å²) in [7, 11) is 0. The molecule has 0 aliphatic carbocycles. The molecule has 0 bridgehead atoms. The fourth-order valence-corrected chi connectivity index (χ4v) is 2.29. The summed E-state index contributed by atoms with van der Waals surface area (Å²) in [6.07, 6.45) is 0. The van der Waals surface area contributed by atoms with Gasteiger partial charge in [0.15, 0.2) is 5.75 Å². The number of nitrogens with one attached hydrogen (secondary N) is 1. The molecule has 0 heterocycles. The summed E-state index contributed by atoms with van der Waals surface area (Å²) in [5, 5.41) is 4.20. The second-order valence-corrected chi connectivity index (χ2v) is 7.30. The number of anilines is 1. The third-order valence-electron chi connectivity index (χ3n) is 2.98. The van der Waals surface area contributed by atoms with Gasteiger partial charge in [-0.05, 0) is 36.4 Å². The molecule has 0 fully saturated rings. The first kappa shape index (κ1) is 17.9. The van der Waals surface area contributed by atoms with Crippen LogP contribution in [0.1, 0.15) is 20.8 Å². The summed E-state index contributed by atoms with van der Waals surface area (Å²) in [5.74, 6) is 0.729. The highest BCUT2D eigenvalue weighted by molar-refractivity contribution is 6.35. The standard InChI is InChI=1S/C17H16Cl3NO2/c1-17(2,3)16(22)21-13-9-11(19)5-7-15(13)23-14-6-4-10(18)8-12(14)20/h4-9H,1-3H3,(H,21,22). The fourth-order valence-electron chi connectivity index (χ4n) is 1.68. The van der Waals surface area contributed by atoms with Gasteiger partial charge in [-0.25, -0.2) is 0 Å². The Kier molecular flexibility index (Phi) is 5.45. The molecule has 0 aliphatic rings. The monoisotopic (exact) mass is 371 g/mol. The van der Waals surface area contributed by atoms with Crippen LogP contribution in [0.15, 0.2) is 36.4 Å². The molecule has 6 heteroatoms. The van der Waals surface area contributed by atoms with Crippen LogP contribution in [0.4, 0.5) is 5.69 Å². The van der Waals surface area contributed by atoms with Gasteiger partial charge >= 0.3 is 0 Å². The minimum Gasteiger partial charge on any atom is -0.454 e. The summed E-state index contributed by atoms with van der Waals surface area (Å²) in [6, 6.07) is 9.89. The SMILES string of the molecule is CC(C)(C)C(=O)Nc1cc(Cl)ccc1Oc1ccc(Cl)cc1Cl. The predicted octanol–water partition coefficient (Wildman–Crippen LogP) is 6.42.